The van der Waals surface area contributed by atoms with Crippen LogP contribution in [0.1, 0.15) is 32.1 Å². The van der Waals surface area contributed by atoms with E-state index in [9.17, 15) is 13.6 Å². The number of hydrogen-bond donors (Lipinski definition) is 1. The first-order chi connectivity index (χ1) is 5.49. The molecule has 0 spiro atoms. The first-order valence-corrected chi connectivity index (χ1v) is 4.09. The highest BCUT2D eigenvalue weighted by Crippen LogP contribution is 2.40. The fraction of sp³-hybridized carbons (Fsp3) is 0.875. The number of hydrogen-bond acceptors (Lipinski definition) is 1. The molecule has 1 aliphatic carbocycles. The molecule has 0 radical (unpaired) electrons. The second kappa shape index (κ2) is 3.37. The number of carboxylic acids is 1. The first-order valence-electron chi connectivity index (χ1n) is 4.09. The number of alkyl halides is 2. The summed E-state index contributed by atoms with van der Waals surface area (Å²) in [4.78, 5) is 10.1. The molecule has 1 aliphatic rings. The van der Waals surface area contributed by atoms with Gasteiger partial charge in [0.1, 0.15) is 0 Å². The van der Waals surface area contributed by atoms with Gasteiger partial charge in [-0.3, -0.25) is 4.79 Å². The van der Waals surface area contributed by atoms with Gasteiger partial charge in [0.25, 0.3) is 0 Å². The lowest BCUT2D eigenvalue weighted by Crippen LogP contribution is -2.10. The summed E-state index contributed by atoms with van der Waals surface area (Å²) in [6.07, 6.45) is 0.684. The predicted molar refractivity (Wildman–Crippen MR) is 39.2 cm³/mol. The van der Waals surface area contributed by atoms with Crippen LogP contribution in [0.4, 0.5) is 8.78 Å². The Bertz CT molecular complexity index is 180. The van der Waals surface area contributed by atoms with Crippen LogP contribution in [-0.2, 0) is 4.79 Å². The highest BCUT2D eigenvalue weighted by atomic mass is 19.3. The Balaban J connectivity index is 2.24. The Morgan fingerprint density at radius 2 is 2.25 bits per heavy atom. The van der Waals surface area contributed by atoms with Crippen LogP contribution in [0.2, 0.25) is 0 Å². The van der Waals surface area contributed by atoms with E-state index in [1.165, 1.54) is 0 Å². The van der Waals surface area contributed by atoms with Gasteiger partial charge < -0.3 is 5.11 Å². The van der Waals surface area contributed by atoms with Crippen LogP contribution in [0.3, 0.4) is 0 Å². The molecule has 0 aliphatic heterocycles. The molecule has 0 aromatic rings. The van der Waals surface area contributed by atoms with Crippen LogP contribution < -0.4 is 0 Å². The van der Waals surface area contributed by atoms with E-state index in [0.29, 0.717) is 12.8 Å². The number of aliphatic carboxylic acids is 1. The fourth-order valence-corrected chi connectivity index (χ4v) is 1.62. The summed E-state index contributed by atoms with van der Waals surface area (Å²) in [7, 11) is 0. The molecule has 12 heavy (non-hydrogen) atoms. The maximum atomic E-state index is 12.6. The standard InChI is InChI=1S/C8H12F2O2/c9-8(10)4-3-6(5-8)1-2-7(11)12/h6H,1-5H2,(H,11,12)/t6-/m1/s1. The molecule has 0 amide bonds. The lowest BCUT2D eigenvalue weighted by Gasteiger charge is -2.08. The van der Waals surface area contributed by atoms with Gasteiger partial charge in [-0.2, -0.15) is 0 Å². The zero-order valence-electron chi connectivity index (χ0n) is 6.72. The molecule has 70 valence electrons. The minimum absolute atomic E-state index is 0.0146. The summed E-state index contributed by atoms with van der Waals surface area (Å²) < 4.78 is 25.1. The molecule has 1 N–H and O–H groups in total. The van der Waals surface area contributed by atoms with Crippen LogP contribution in [0, 0.1) is 5.92 Å². The van der Waals surface area contributed by atoms with Crippen molar-refractivity contribution in [2.45, 2.75) is 38.0 Å². The Morgan fingerprint density at radius 1 is 1.58 bits per heavy atom. The minimum Gasteiger partial charge on any atom is -0.481 e. The van der Waals surface area contributed by atoms with Crippen molar-refractivity contribution in [3.63, 3.8) is 0 Å². The molecule has 0 aromatic heterocycles. The monoisotopic (exact) mass is 178 g/mol. The Labute approximate surface area is 69.6 Å². The van der Waals surface area contributed by atoms with Crippen LogP contribution in [0.25, 0.3) is 0 Å². The molecule has 0 unspecified atom stereocenters. The van der Waals surface area contributed by atoms with E-state index in [0.717, 1.165) is 0 Å². The van der Waals surface area contributed by atoms with Crippen molar-refractivity contribution in [2.24, 2.45) is 5.92 Å². The minimum atomic E-state index is -2.54. The topological polar surface area (TPSA) is 37.3 Å². The third-order valence-corrected chi connectivity index (χ3v) is 2.27. The third kappa shape index (κ3) is 2.75. The van der Waals surface area contributed by atoms with Gasteiger partial charge in [-0.25, -0.2) is 8.78 Å². The van der Waals surface area contributed by atoms with Crippen LogP contribution in [0.15, 0.2) is 0 Å². The normalized spacial score (nSPS) is 27.3. The van der Waals surface area contributed by atoms with Gasteiger partial charge in [0.05, 0.1) is 0 Å². The summed E-state index contributed by atoms with van der Waals surface area (Å²) in [5.41, 5.74) is 0. The predicted octanol–water partition coefficient (Wildman–Crippen LogP) is 2.29. The first kappa shape index (κ1) is 9.42. The summed E-state index contributed by atoms with van der Waals surface area (Å²) in [6.45, 7) is 0. The van der Waals surface area contributed by atoms with Crippen molar-refractivity contribution >= 4 is 5.97 Å². The van der Waals surface area contributed by atoms with E-state index < -0.39 is 11.9 Å². The molecular weight excluding hydrogens is 166 g/mol. The zero-order chi connectivity index (χ0) is 9.19. The summed E-state index contributed by atoms with van der Waals surface area (Å²) in [5.74, 6) is -3.52. The van der Waals surface area contributed by atoms with Gasteiger partial charge in [-0.05, 0) is 18.8 Å². The van der Waals surface area contributed by atoms with Crippen molar-refractivity contribution in [2.75, 3.05) is 0 Å². The molecule has 1 fully saturated rings. The van der Waals surface area contributed by atoms with E-state index in [1.54, 1.807) is 0 Å². The van der Waals surface area contributed by atoms with Gasteiger partial charge >= 0.3 is 5.97 Å². The van der Waals surface area contributed by atoms with Crippen molar-refractivity contribution in [1.82, 2.24) is 0 Å². The van der Waals surface area contributed by atoms with Gasteiger partial charge in [0.2, 0.25) is 5.92 Å². The van der Waals surface area contributed by atoms with Crippen molar-refractivity contribution < 1.29 is 18.7 Å². The van der Waals surface area contributed by atoms with Crippen molar-refractivity contribution in [1.29, 1.82) is 0 Å². The second-order valence-electron chi connectivity index (χ2n) is 3.40. The molecule has 0 aromatic carbocycles. The maximum absolute atomic E-state index is 12.6. The molecule has 1 atom stereocenters. The highest BCUT2D eigenvalue weighted by Gasteiger charge is 2.38. The zero-order valence-corrected chi connectivity index (χ0v) is 6.72. The maximum Gasteiger partial charge on any atom is 0.303 e. The van der Waals surface area contributed by atoms with Crippen molar-refractivity contribution in [3.8, 4) is 0 Å². The fourth-order valence-electron chi connectivity index (χ4n) is 1.62. The summed E-state index contributed by atoms with van der Waals surface area (Å²) >= 11 is 0. The average Bonchev–Trinajstić information content (AvgIpc) is 2.26. The van der Waals surface area contributed by atoms with Gasteiger partial charge in [0.15, 0.2) is 0 Å². The molecule has 0 heterocycles. The largest absolute Gasteiger partial charge is 0.481 e. The molecule has 1 rings (SSSR count). The van der Waals surface area contributed by atoms with Gasteiger partial charge in [-0.1, -0.05) is 0 Å². The molecule has 2 nitrogen and oxygen atoms in total. The second-order valence-corrected chi connectivity index (χ2v) is 3.40. The number of carboxylic acid groups (broad SMARTS) is 1. The Morgan fingerprint density at radius 3 is 2.67 bits per heavy atom. The molecule has 0 bridgehead atoms. The van der Waals surface area contributed by atoms with E-state index in [1.807, 2.05) is 0 Å². The molecular formula is C8H12F2O2. The molecule has 4 heteroatoms. The lowest BCUT2D eigenvalue weighted by atomic mass is 10.0. The van der Waals surface area contributed by atoms with E-state index in [2.05, 4.69) is 0 Å². The number of carbonyl (C=O) groups is 1. The van der Waals surface area contributed by atoms with Gasteiger partial charge in [-0.15, -0.1) is 0 Å². The molecule has 0 saturated heterocycles. The highest BCUT2D eigenvalue weighted by molar-refractivity contribution is 5.66. The van der Waals surface area contributed by atoms with Crippen LogP contribution >= 0.6 is 0 Å². The van der Waals surface area contributed by atoms with Gasteiger partial charge in [0, 0.05) is 19.3 Å². The van der Waals surface area contributed by atoms with Crippen LogP contribution in [-0.4, -0.2) is 17.0 Å². The number of rotatable bonds is 3. The summed E-state index contributed by atoms with van der Waals surface area (Å²) in [5, 5.41) is 8.32. The number of halogens is 2. The van der Waals surface area contributed by atoms with Crippen LogP contribution in [0.5, 0.6) is 0 Å². The third-order valence-electron chi connectivity index (χ3n) is 2.27. The van der Waals surface area contributed by atoms with E-state index >= 15 is 0 Å². The lowest BCUT2D eigenvalue weighted by molar-refractivity contribution is -0.137. The summed E-state index contributed by atoms with van der Waals surface area (Å²) in [6, 6.07) is 0. The SMILES string of the molecule is O=C(O)CC[C@@H]1CCC(F)(F)C1. The quantitative estimate of drug-likeness (QED) is 0.719. The molecule has 1 saturated carbocycles. The Kier molecular flexibility index (Phi) is 2.65. The average molecular weight is 178 g/mol. The van der Waals surface area contributed by atoms with E-state index in [-0.39, 0.29) is 25.2 Å². The Hall–Kier alpha value is -0.670. The smallest absolute Gasteiger partial charge is 0.303 e. The van der Waals surface area contributed by atoms with E-state index in [4.69, 9.17) is 5.11 Å². The van der Waals surface area contributed by atoms with Crippen molar-refractivity contribution in [3.05, 3.63) is 0 Å².